The van der Waals surface area contributed by atoms with Gasteiger partial charge in [0.2, 0.25) is 0 Å². The molecular formula is C23H26N2O4. The highest BCUT2D eigenvalue weighted by atomic mass is 16.5. The topological polar surface area (TPSA) is 80.4 Å². The van der Waals surface area contributed by atoms with Crippen molar-refractivity contribution in [2.75, 3.05) is 20.3 Å². The number of hydrogen-bond donors (Lipinski definition) is 2. The number of rotatable bonds is 9. The molecule has 1 atom stereocenters. The number of carbonyl (C=O) groups excluding carboxylic acids is 2. The summed E-state index contributed by atoms with van der Waals surface area (Å²) in [5, 5.41) is 4.01. The van der Waals surface area contributed by atoms with Gasteiger partial charge in [0.15, 0.2) is 6.61 Å². The fraction of sp³-hybridized carbons (Fsp3) is 0.304. The van der Waals surface area contributed by atoms with Gasteiger partial charge in [-0.25, -0.2) is 0 Å². The third-order valence-corrected chi connectivity index (χ3v) is 4.84. The second-order valence-electron chi connectivity index (χ2n) is 6.83. The Kier molecular flexibility index (Phi) is 6.89. The lowest BCUT2D eigenvalue weighted by atomic mass is 9.91. The monoisotopic (exact) mass is 394 g/mol. The van der Waals surface area contributed by atoms with E-state index in [4.69, 9.17) is 9.47 Å². The zero-order chi connectivity index (χ0) is 20.6. The van der Waals surface area contributed by atoms with E-state index in [-0.39, 0.29) is 24.4 Å². The molecule has 2 aromatic carbocycles. The first-order valence-electron chi connectivity index (χ1n) is 9.74. The molecule has 0 bridgehead atoms. The number of ether oxygens (including phenoxy) is 2. The van der Waals surface area contributed by atoms with E-state index >= 15 is 0 Å². The molecule has 1 aromatic heterocycles. The van der Waals surface area contributed by atoms with Crippen LogP contribution in [0.15, 0.2) is 54.7 Å². The maximum atomic E-state index is 12.2. The molecule has 0 spiro atoms. The molecule has 0 radical (unpaired) electrons. The summed E-state index contributed by atoms with van der Waals surface area (Å²) < 4.78 is 10.3. The average molecular weight is 394 g/mol. The van der Waals surface area contributed by atoms with E-state index in [0.717, 1.165) is 27.8 Å². The maximum Gasteiger partial charge on any atom is 0.306 e. The van der Waals surface area contributed by atoms with Crippen molar-refractivity contribution in [3.8, 4) is 5.75 Å². The highest BCUT2D eigenvalue weighted by molar-refractivity contribution is 5.84. The van der Waals surface area contributed by atoms with Crippen LogP contribution in [-0.2, 0) is 14.3 Å². The number of aromatic nitrogens is 1. The Morgan fingerprint density at radius 3 is 2.59 bits per heavy atom. The number of carbonyl (C=O) groups is 2. The van der Waals surface area contributed by atoms with Crippen LogP contribution >= 0.6 is 0 Å². The molecule has 6 nitrogen and oxygen atoms in total. The van der Waals surface area contributed by atoms with Crippen LogP contribution in [0.2, 0.25) is 0 Å². The molecule has 152 valence electrons. The van der Waals surface area contributed by atoms with Crippen LogP contribution in [0.1, 0.15) is 36.8 Å². The van der Waals surface area contributed by atoms with E-state index < -0.39 is 0 Å². The van der Waals surface area contributed by atoms with Crippen molar-refractivity contribution in [1.29, 1.82) is 0 Å². The minimum atomic E-state index is -0.356. The number of methoxy groups -OCH3 is 1. The lowest BCUT2D eigenvalue weighted by molar-refractivity contribution is -0.148. The van der Waals surface area contributed by atoms with E-state index in [1.54, 1.807) is 7.11 Å². The molecule has 0 fully saturated rings. The van der Waals surface area contributed by atoms with E-state index in [9.17, 15) is 9.59 Å². The van der Waals surface area contributed by atoms with Gasteiger partial charge < -0.3 is 19.8 Å². The van der Waals surface area contributed by atoms with E-state index in [1.807, 2.05) is 55.6 Å². The quantitative estimate of drug-likeness (QED) is 0.542. The van der Waals surface area contributed by atoms with E-state index in [2.05, 4.69) is 16.4 Å². The Balaban J connectivity index is 1.78. The predicted octanol–water partition coefficient (Wildman–Crippen LogP) is 3.77. The van der Waals surface area contributed by atoms with Crippen LogP contribution in [0.5, 0.6) is 5.75 Å². The summed E-state index contributed by atoms with van der Waals surface area (Å²) >= 11 is 0. The SMILES string of the molecule is CCCC(=O)OCC(=O)NC[C@H](c1ccc(OC)cc1)c1c[nH]c2ccccc12. The van der Waals surface area contributed by atoms with Crippen LogP contribution in [0.4, 0.5) is 0 Å². The number of para-hydroxylation sites is 1. The molecule has 0 saturated heterocycles. The van der Waals surface area contributed by atoms with Gasteiger partial charge in [0, 0.05) is 36.0 Å². The molecule has 0 aliphatic carbocycles. The number of H-pyrrole nitrogens is 1. The molecule has 3 rings (SSSR count). The number of esters is 1. The normalized spacial score (nSPS) is 11.8. The number of aromatic amines is 1. The van der Waals surface area contributed by atoms with Gasteiger partial charge in [-0.15, -0.1) is 0 Å². The van der Waals surface area contributed by atoms with Gasteiger partial charge >= 0.3 is 5.97 Å². The van der Waals surface area contributed by atoms with Crippen molar-refractivity contribution < 1.29 is 19.1 Å². The van der Waals surface area contributed by atoms with Crippen molar-refractivity contribution in [3.63, 3.8) is 0 Å². The molecule has 0 saturated carbocycles. The first-order chi connectivity index (χ1) is 14.1. The first kappa shape index (κ1) is 20.5. The van der Waals surface area contributed by atoms with Crippen molar-refractivity contribution in [3.05, 3.63) is 65.9 Å². The zero-order valence-corrected chi connectivity index (χ0v) is 16.7. The minimum Gasteiger partial charge on any atom is -0.497 e. The van der Waals surface area contributed by atoms with Crippen LogP contribution in [-0.4, -0.2) is 37.1 Å². The Bertz CT molecular complexity index is 962. The number of fused-ring (bicyclic) bond motifs is 1. The van der Waals surface area contributed by atoms with E-state index in [0.29, 0.717) is 19.4 Å². The lowest BCUT2D eigenvalue weighted by Crippen LogP contribution is -2.32. The third kappa shape index (κ3) is 5.16. The van der Waals surface area contributed by atoms with Crippen molar-refractivity contribution in [2.24, 2.45) is 0 Å². The molecule has 1 amide bonds. The van der Waals surface area contributed by atoms with Crippen LogP contribution in [0, 0.1) is 0 Å². The summed E-state index contributed by atoms with van der Waals surface area (Å²) in [6.45, 7) is 2.02. The fourth-order valence-electron chi connectivity index (χ4n) is 3.32. The van der Waals surface area contributed by atoms with Gasteiger partial charge in [-0.3, -0.25) is 9.59 Å². The van der Waals surface area contributed by atoms with Crippen LogP contribution in [0.25, 0.3) is 10.9 Å². The lowest BCUT2D eigenvalue weighted by Gasteiger charge is -2.18. The number of hydrogen-bond acceptors (Lipinski definition) is 4. The third-order valence-electron chi connectivity index (χ3n) is 4.84. The fourth-order valence-corrected chi connectivity index (χ4v) is 3.32. The van der Waals surface area contributed by atoms with Gasteiger partial charge in [-0.05, 0) is 35.7 Å². The molecule has 0 unspecified atom stereocenters. The summed E-state index contributed by atoms with van der Waals surface area (Å²) in [5.41, 5.74) is 3.19. The van der Waals surface area contributed by atoms with Gasteiger partial charge in [0.1, 0.15) is 5.75 Å². The Labute approximate surface area is 170 Å². The highest BCUT2D eigenvalue weighted by Gasteiger charge is 2.19. The molecule has 6 heteroatoms. The molecule has 0 aliphatic rings. The van der Waals surface area contributed by atoms with Gasteiger partial charge in [0.25, 0.3) is 5.91 Å². The standard InChI is InChI=1S/C23H26N2O4/c1-3-6-23(27)29-15-22(26)25-13-19(16-9-11-17(28-2)12-10-16)20-14-24-21-8-5-4-7-18(20)21/h4-5,7-12,14,19,24H,3,6,13,15H2,1-2H3,(H,25,26)/t19-/m1/s1. The second kappa shape index (κ2) is 9.78. The van der Waals surface area contributed by atoms with Crippen LogP contribution in [0.3, 0.4) is 0 Å². The number of benzene rings is 2. The molecule has 0 aliphatic heterocycles. The predicted molar refractivity (Wildman–Crippen MR) is 112 cm³/mol. The first-order valence-corrected chi connectivity index (χ1v) is 9.74. The zero-order valence-electron chi connectivity index (χ0n) is 16.7. The molecule has 29 heavy (non-hydrogen) atoms. The average Bonchev–Trinajstić information content (AvgIpc) is 3.17. The van der Waals surface area contributed by atoms with Crippen molar-refractivity contribution in [1.82, 2.24) is 10.3 Å². The molecule has 1 heterocycles. The summed E-state index contributed by atoms with van der Waals surface area (Å²) in [6, 6.07) is 15.9. The Morgan fingerprint density at radius 1 is 1.10 bits per heavy atom. The molecule has 2 N–H and O–H groups in total. The highest BCUT2D eigenvalue weighted by Crippen LogP contribution is 2.31. The Morgan fingerprint density at radius 2 is 1.86 bits per heavy atom. The summed E-state index contributed by atoms with van der Waals surface area (Å²) in [6.07, 6.45) is 2.99. The minimum absolute atomic E-state index is 0.0626. The smallest absolute Gasteiger partial charge is 0.306 e. The molecular weight excluding hydrogens is 368 g/mol. The second-order valence-corrected chi connectivity index (χ2v) is 6.83. The summed E-state index contributed by atoms with van der Waals surface area (Å²) in [7, 11) is 1.63. The van der Waals surface area contributed by atoms with E-state index in [1.165, 1.54) is 0 Å². The summed E-state index contributed by atoms with van der Waals surface area (Å²) in [5.74, 6) is 0.0458. The number of amides is 1. The van der Waals surface area contributed by atoms with Gasteiger partial charge in [-0.1, -0.05) is 37.3 Å². The number of nitrogens with one attached hydrogen (secondary N) is 2. The van der Waals surface area contributed by atoms with Gasteiger partial charge in [-0.2, -0.15) is 0 Å². The summed E-state index contributed by atoms with van der Waals surface area (Å²) in [4.78, 5) is 27.0. The maximum absolute atomic E-state index is 12.2. The van der Waals surface area contributed by atoms with Crippen LogP contribution < -0.4 is 10.1 Å². The Hall–Kier alpha value is -3.28. The van der Waals surface area contributed by atoms with Crippen molar-refractivity contribution >= 4 is 22.8 Å². The van der Waals surface area contributed by atoms with Gasteiger partial charge in [0.05, 0.1) is 7.11 Å². The van der Waals surface area contributed by atoms with Crippen molar-refractivity contribution in [2.45, 2.75) is 25.7 Å². The largest absolute Gasteiger partial charge is 0.497 e. The molecule has 3 aromatic rings.